The van der Waals surface area contributed by atoms with E-state index in [-0.39, 0.29) is 4.90 Å². The summed E-state index contributed by atoms with van der Waals surface area (Å²) < 4.78 is 32.4. The van der Waals surface area contributed by atoms with E-state index in [1.807, 2.05) is 6.07 Å². The van der Waals surface area contributed by atoms with Crippen molar-refractivity contribution in [1.29, 1.82) is 0 Å². The Morgan fingerprint density at radius 3 is 2.16 bits per heavy atom. The fourth-order valence-corrected chi connectivity index (χ4v) is 3.50. The molecule has 0 amide bonds. The van der Waals surface area contributed by atoms with Crippen LogP contribution < -0.4 is 14.4 Å². The van der Waals surface area contributed by atoms with Gasteiger partial charge in [0.15, 0.2) is 0 Å². The zero-order valence-electron chi connectivity index (χ0n) is 14.9. The summed E-state index contributed by atoms with van der Waals surface area (Å²) >= 11 is 0. The molecule has 25 heavy (non-hydrogen) atoms. The number of sulfonamides is 1. The highest BCUT2D eigenvalue weighted by Gasteiger charge is 2.15. The van der Waals surface area contributed by atoms with Crippen LogP contribution in [0.15, 0.2) is 47.5 Å². The van der Waals surface area contributed by atoms with Crippen molar-refractivity contribution in [3.63, 3.8) is 0 Å². The van der Waals surface area contributed by atoms with Gasteiger partial charge in [-0.3, -0.25) is 4.72 Å². The third-order valence-electron chi connectivity index (χ3n) is 3.71. The van der Waals surface area contributed by atoms with Crippen molar-refractivity contribution >= 4 is 21.5 Å². The van der Waals surface area contributed by atoms with Gasteiger partial charge in [0.05, 0.1) is 23.9 Å². The molecule has 0 saturated heterocycles. The predicted molar refractivity (Wildman–Crippen MR) is 101 cm³/mol. The second-order valence-electron chi connectivity index (χ2n) is 5.67. The van der Waals surface area contributed by atoms with Crippen LogP contribution in [0.1, 0.15) is 26.7 Å². The fraction of sp³-hybridized carbons (Fsp3) is 0.389. The Morgan fingerprint density at radius 1 is 1.04 bits per heavy atom. The number of benzene rings is 1. The van der Waals surface area contributed by atoms with Crippen LogP contribution in [0.4, 0.5) is 11.5 Å². The zero-order valence-corrected chi connectivity index (χ0v) is 15.7. The third-order valence-corrected chi connectivity index (χ3v) is 5.08. The van der Waals surface area contributed by atoms with Crippen LogP contribution in [0.5, 0.6) is 5.75 Å². The summed E-state index contributed by atoms with van der Waals surface area (Å²) in [5.41, 5.74) is 0.996. The fourth-order valence-electron chi connectivity index (χ4n) is 2.49. The van der Waals surface area contributed by atoms with E-state index in [2.05, 4.69) is 28.5 Å². The van der Waals surface area contributed by atoms with Crippen molar-refractivity contribution in [3.8, 4) is 5.75 Å². The molecule has 7 heteroatoms. The first-order chi connectivity index (χ1) is 12.0. The van der Waals surface area contributed by atoms with Gasteiger partial charge < -0.3 is 9.64 Å². The lowest BCUT2D eigenvalue weighted by atomic mass is 10.3. The summed E-state index contributed by atoms with van der Waals surface area (Å²) in [5.74, 6) is 0.904. The van der Waals surface area contributed by atoms with Crippen LogP contribution in [0.25, 0.3) is 0 Å². The van der Waals surface area contributed by atoms with Gasteiger partial charge in [-0.05, 0) is 49.2 Å². The second-order valence-corrected chi connectivity index (χ2v) is 7.35. The topological polar surface area (TPSA) is 71.5 Å². The lowest BCUT2D eigenvalue weighted by Gasteiger charge is -2.23. The summed E-state index contributed by atoms with van der Waals surface area (Å²) in [6, 6.07) is 9.80. The molecule has 0 aliphatic carbocycles. The molecular weight excluding hydrogens is 338 g/mol. The minimum absolute atomic E-state index is 0.165. The first kappa shape index (κ1) is 19.1. The van der Waals surface area contributed by atoms with Crippen LogP contribution in [0.2, 0.25) is 0 Å². The molecule has 1 aromatic heterocycles. The summed E-state index contributed by atoms with van der Waals surface area (Å²) in [4.78, 5) is 6.66. The molecule has 0 bridgehead atoms. The number of methoxy groups -OCH3 is 1. The quantitative estimate of drug-likeness (QED) is 0.738. The lowest BCUT2D eigenvalue weighted by molar-refractivity contribution is 0.414. The van der Waals surface area contributed by atoms with Crippen LogP contribution in [0.3, 0.4) is 0 Å². The predicted octanol–water partition coefficient (Wildman–Crippen LogP) is 3.52. The van der Waals surface area contributed by atoms with Crippen molar-refractivity contribution in [1.82, 2.24) is 4.98 Å². The zero-order chi connectivity index (χ0) is 18.3. The lowest BCUT2D eigenvalue weighted by Crippen LogP contribution is -2.25. The molecular formula is C18H25N3O3S. The number of pyridine rings is 1. The molecule has 0 spiro atoms. The molecule has 0 unspecified atom stereocenters. The van der Waals surface area contributed by atoms with Gasteiger partial charge >= 0.3 is 0 Å². The van der Waals surface area contributed by atoms with Gasteiger partial charge in [-0.15, -0.1) is 0 Å². The van der Waals surface area contributed by atoms with Gasteiger partial charge in [-0.2, -0.15) is 0 Å². The molecule has 0 aliphatic rings. The minimum Gasteiger partial charge on any atom is -0.497 e. The average Bonchev–Trinajstić information content (AvgIpc) is 2.62. The van der Waals surface area contributed by atoms with Crippen molar-refractivity contribution < 1.29 is 13.2 Å². The highest BCUT2D eigenvalue weighted by atomic mass is 32.2. The van der Waals surface area contributed by atoms with Gasteiger partial charge in [0, 0.05) is 13.1 Å². The summed E-state index contributed by atoms with van der Waals surface area (Å²) in [7, 11) is -2.14. The number of anilines is 2. The Hall–Kier alpha value is -2.28. The van der Waals surface area contributed by atoms with Gasteiger partial charge in [0.25, 0.3) is 10.0 Å². The molecule has 0 saturated carbocycles. The molecule has 1 N–H and O–H groups in total. The first-order valence-corrected chi connectivity index (χ1v) is 9.86. The monoisotopic (exact) mass is 363 g/mol. The summed E-state index contributed by atoms with van der Waals surface area (Å²) in [6.45, 7) is 6.17. The van der Waals surface area contributed by atoms with E-state index in [4.69, 9.17) is 4.74 Å². The normalized spacial score (nSPS) is 11.2. The number of nitrogens with zero attached hydrogens (tertiary/aromatic N) is 2. The van der Waals surface area contributed by atoms with Gasteiger partial charge in [-0.25, -0.2) is 13.4 Å². The number of nitrogens with one attached hydrogen (secondary N) is 1. The Balaban J connectivity index is 2.13. The summed E-state index contributed by atoms with van der Waals surface area (Å²) in [6.07, 6.45) is 3.80. The highest BCUT2D eigenvalue weighted by Crippen LogP contribution is 2.20. The Kier molecular flexibility index (Phi) is 6.64. The van der Waals surface area contributed by atoms with Crippen LogP contribution >= 0.6 is 0 Å². The maximum absolute atomic E-state index is 12.4. The number of hydrogen-bond donors (Lipinski definition) is 1. The van der Waals surface area contributed by atoms with E-state index in [0.29, 0.717) is 11.6 Å². The number of ether oxygens (including phenoxy) is 1. The van der Waals surface area contributed by atoms with E-state index < -0.39 is 10.0 Å². The molecule has 2 aromatic rings. The molecule has 6 nitrogen and oxygen atoms in total. The summed E-state index contributed by atoms with van der Waals surface area (Å²) in [5, 5.41) is 0. The minimum atomic E-state index is -3.67. The standard InChI is InChI=1S/C18H25N3O3S/c1-4-12-21(13-5-2)15-6-11-18(19-14-15)20-25(22,23)17-9-7-16(24-3)8-10-17/h6-11,14H,4-5,12-13H2,1-3H3,(H,19,20). The average molecular weight is 363 g/mol. The Labute approximate surface area is 149 Å². The number of rotatable bonds is 9. The van der Waals surface area contributed by atoms with Crippen molar-refractivity contribution in [2.75, 3.05) is 29.8 Å². The maximum Gasteiger partial charge on any atom is 0.263 e. The van der Waals surface area contributed by atoms with Gasteiger partial charge in [0.2, 0.25) is 0 Å². The highest BCUT2D eigenvalue weighted by molar-refractivity contribution is 7.92. The van der Waals surface area contributed by atoms with E-state index in [0.717, 1.165) is 31.6 Å². The molecule has 0 radical (unpaired) electrons. The van der Waals surface area contributed by atoms with Gasteiger partial charge in [-0.1, -0.05) is 13.8 Å². The van der Waals surface area contributed by atoms with E-state index in [1.165, 1.54) is 19.2 Å². The number of hydrogen-bond acceptors (Lipinski definition) is 5. The molecule has 2 rings (SSSR count). The van der Waals surface area contributed by atoms with Crippen LogP contribution in [0, 0.1) is 0 Å². The molecule has 0 atom stereocenters. The van der Waals surface area contributed by atoms with Gasteiger partial charge in [0.1, 0.15) is 11.6 Å². The molecule has 0 aliphatic heterocycles. The first-order valence-electron chi connectivity index (χ1n) is 8.38. The third kappa shape index (κ3) is 5.09. The number of aromatic nitrogens is 1. The molecule has 1 aromatic carbocycles. The molecule has 0 fully saturated rings. The molecule has 1 heterocycles. The largest absolute Gasteiger partial charge is 0.497 e. The Bertz CT molecular complexity index is 753. The van der Waals surface area contributed by atoms with E-state index in [1.54, 1.807) is 24.4 Å². The SMILES string of the molecule is CCCN(CCC)c1ccc(NS(=O)(=O)c2ccc(OC)cc2)nc1. The maximum atomic E-state index is 12.4. The van der Waals surface area contributed by atoms with Crippen molar-refractivity contribution in [2.24, 2.45) is 0 Å². The van der Waals surface area contributed by atoms with E-state index >= 15 is 0 Å². The molecule has 136 valence electrons. The van der Waals surface area contributed by atoms with Crippen LogP contribution in [-0.2, 0) is 10.0 Å². The smallest absolute Gasteiger partial charge is 0.263 e. The van der Waals surface area contributed by atoms with E-state index in [9.17, 15) is 8.42 Å². The van der Waals surface area contributed by atoms with Crippen molar-refractivity contribution in [3.05, 3.63) is 42.6 Å². The second kappa shape index (κ2) is 8.71. The van der Waals surface area contributed by atoms with Crippen molar-refractivity contribution in [2.45, 2.75) is 31.6 Å². The van der Waals surface area contributed by atoms with Crippen LogP contribution in [-0.4, -0.2) is 33.6 Å². The Morgan fingerprint density at radius 2 is 1.68 bits per heavy atom.